The zero-order valence-electron chi connectivity index (χ0n) is 12.2. The van der Waals surface area contributed by atoms with Crippen LogP contribution in [0.3, 0.4) is 0 Å². The highest BCUT2D eigenvalue weighted by Crippen LogP contribution is 2.16. The number of nitrogens with zero attached hydrogens (tertiary/aromatic N) is 2. The molecule has 116 valence electrons. The monoisotopic (exact) mass is 295 g/mol. The Bertz CT molecular complexity index is 492. The summed E-state index contributed by atoms with van der Waals surface area (Å²) in [5, 5.41) is 15.2. The van der Waals surface area contributed by atoms with Crippen LogP contribution < -0.4 is 5.32 Å². The van der Waals surface area contributed by atoms with Crippen molar-refractivity contribution < 1.29 is 19.2 Å². The Labute approximate surface area is 123 Å². The molecule has 7 heteroatoms. The van der Waals surface area contributed by atoms with E-state index in [0.29, 0.717) is 30.5 Å². The molecule has 21 heavy (non-hydrogen) atoms. The summed E-state index contributed by atoms with van der Waals surface area (Å²) >= 11 is 0. The molecule has 7 nitrogen and oxygen atoms in total. The van der Waals surface area contributed by atoms with Gasteiger partial charge in [-0.1, -0.05) is 5.16 Å². The molecule has 1 aliphatic rings. The van der Waals surface area contributed by atoms with Gasteiger partial charge in [0, 0.05) is 19.2 Å². The topological polar surface area (TPSA) is 95.7 Å². The molecule has 1 aromatic heterocycles. The average molecular weight is 295 g/mol. The second kappa shape index (κ2) is 7.21. The number of likely N-dealkylation sites (tertiary alicyclic amines) is 1. The van der Waals surface area contributed by atoms with Crippen molar-refractivity contribution >= 4 is 11.9 Å². The van der Waals surface area contributed by atoms with Crippen molar-refractivity contribution in [2.24, 2.45) is 5.92 Å². The Kier molecular flexibility index (Phi) is 5.32. The molecule has 1 aliphatic heterocycles. The number of rotatable bonds is 6. The van der Waals surface area contributed by atoms with Gasteiger partial charge in [0.25, 0.3) is 5.91 Å². The third kappa shape index (κ3) is 4.86. The predicted octanol–water partition coefficient (Wildman–Crippen LogP) is 0.900. The van der Waals surface area contributed by atoms with Crippen molar-refractivity contribution in [1.82, 2.24) is 15.4 Å². The summed E-state index contributed by atoms with van der Waals surface area (Å²) in [5.41, 5.74) is 0.311. The van der Waals surface area contributed by atoms with Gasteiger partial charge in [-0.25, -0.2) is 0 Å². The lowest BCUT2D eigenvalue weighted by molar-refractivity contribution is -0.137. The third-order valence-corrected chi connectivity index (χ3v) is 3.76. The molecule has 1 amide bonds. The van der Waals surface area contributed by atoms with E-state index in [9.17, 15) is 9.59 Å². The normalized spacial score (nSPS) is 16.8. The summed E-state index contributed by atoms with van der Waals surface area (Å²) in [5.74, 6) is 0.0855. The van der Waals surface area contributed by atoms with Gasteiger partial charge in [0.15, 0.2) is 5.69 Å². The van der Waals surface area contributed by atoms with Gasteiger partial charge in [-0.2, -0.15) is 0 Å². The van der Waals surface area contributed by atoms with E-state index in [-0.39, 0.29) is 12.3 Å². The predicted molar refractivity (Wildman–Crippen MR) is 75.0 cm³/mol. The van der Waals surface area contributed by atoms with Crippen molar-refractivity contribution in [3.8, 4) is 0 Å². The van der Waals surface area contributed by atoms with Crippen molar-refractivity contribution in [2.45, 2.75) is 26.2 Å². The fourth-order valence-electron chi connectivity index (χ4n) is 2.47. The van der Waals surface area contributed by atoms with Gasteiger partial charge in [-0.3, -0.25) is 9.59 Å². The van der Waals surface area contributed by atoms with E-state index in [1.54, 1.807) is 13.0 Å². The van der Waals surface area contributed by atoms with Crippen LogP contribution in [0.2, 0.25) is 0 Å². The van der Waals surface area contributed by atoms with Crippen LogP contribution in [-0.4, -0.2) is 53.2 Å². The standard InChI is InChI=1S/C14H21N3O4/c1-10-8-12(16-21-10)14(20)15-9-11-2-5-17(6-3-11)7-4-13(18)19/h8,11H,2-7,9H2,1H3,(H,15,20)(H,18,19). The molecule has 0 atom stereocenters. The van der Waals surface area contributed by atoms with E-state index in [1.807, 2.05) is 0 Å². The number of aliphatic carboxylic acids is 1. The first-order chi connectivity index (χ1) is 10.0. The molecule has 0 unspecified atom stereocenters. The maximum atomic E-state index is 11.8. The maximum Gasteiger partial charge on any atom is 0.304 e. The summed E-state index contributed by atoms with van der Waals surface area (Å²) in [4.78, 5) is 24.5. The number of aryl methyl sites for hydroxylation is 1. The molecule has 2 heterocycles. The minimum absolute atomic E-state index is 0.187. The van der Waals surface area contributed by atoms with E-state index < -0.39 is 5.97 Å². The number of carbonyl (C=O) groups is 2. The summed E-state index contributed by atoms with van der Waals surface area (Å²) in [6.07, 6.45) is 2.13. The number of piperidine rings is 1. The van der Waals surface area contributed by atoms with Crippen molar-refractivity contribution in [3.63, 3.8) is 0 Å². The molecule has 0 saturated carbocycles. The molecule has 0 radical (unpaired) electrons. The highest BCUT2D eigenvalue weighted by molar-refractivity contribution is 5.92. The van der Waals surface area contributed by atoms with Crippen LogP contribution in [0.4, 0.5) is 0 Å². The zero-order chi connectivity index (χ0) is 15.2. The molecule has 1 saturated heterocycles. The Balaban J connectivity index is 1.67. The second-order valence-corrected chi connectivity index (χ2v) is 5.46. The maximum absolute atomic E-state index is 11.8. The lowest BCUT2D eigenvalue weighted by Gasteiger charge is -2.31. The molecule has 0 bridgehead atoms. The van der Waals surface area contributed by atoms with Gasteiger partial charge in [-0.15, -0.1) is 0 Å². The minimum Gasteiger partial charge on any atom is -0.481 e. The van der Waals surface area contributed by atoms with Gasteiger partial charge >= 0.3 is 5.97 Å². The fourth-order valence-corrected chi connectivity index (χ4v) is 2.47. The minimum atomic E-state index is -0.757. The Morgan fingerprint density at radius 3 is 2.76 bits per heavy atom. The van der Waals surface area contributed by atoms with Crippen molar-refractivity contribution in [3.05, 3.63) is 17.5 Å². The SMILES string of the molecule is Cc1cc(C(=O)NCC2CCN(CCC(=O)O)CC2)no1. The molecule has 2 N–H and O–H groups in total. The summed E-state index contributed by atoms with van der Waals surface area (Å²) in [6.45, 7) is 4.74. The van der Waals surface area contributed by atoms with Crippen molar-refractivity contribution in [2.75, 3.05) is 26.2 Å². The lowest BCUT2D eigenvalue weighted by Crippen LogP contribution is -2.39. The van der Waals surface area contributed by atoms with E-state index in [0.717, 1.165) is 25.9 Å². The number of amides is 1. The van der Waals surface area contributed by atoms with Crippen LogP contribution in [0.15, 0.2) is 10.6 Å². The van der Waals surface area contributed by atoms with Crippen LogP contribution in [0, 0.1) is 12.8 Å². The average Bonchev–Trinajstić information content (AvgIpc) is 2.90. The van der Waals surface area contributed by atoms with E-state index in [2.05, 4.69) is 15.4 Å². The molecule has 2 rings (SSSR count). The molecular weight excluding hydrogens is 274 g/mol. The molecular formula is C14H21N3O4. The largest absolute Gasteiger partial charge is 0.481 e. The summed E-state index contributed by atoms with van der Waals surface area (Å²) < 4.78 is 4.87. The van der Waals surface area contributed by atoms with Gasteiger partial charge < -0.3 is 19.8 Å². The first-order valence-electron chi connectivity index (χ1n) is 7.20. The number of hydrogen-bond donors (Lipinski definition) is 2. The lowest BCUT2D eigenvalue weighted by atomic mass is 9.96. The first kappa shape index (κ1) is 15.5. The number of carboxylic acids is 1. The third-order valence-electron chi connectivity index (χ3n) is 3.76. The van der Waals surface area contributed by atoms with E-state index in [1.165, 1.54) is 0 Å². The summed E-state index contributed by atoms with van der Waals surface area (Å²) in [6, 6.07) is 1.61. The number of aromatic nitrogens is 1. The summed E-state index contributed by atoms with van der Waals surface area (Å²) in [7, 11) is 0. The van der Waals surface area contributed by atoms with Gasteiger partial charge in [0.2, 0.25) is 0 Å². The van der Waals surface area contributed by atoms with Gasteiger partial charge in [0.1, 0.15) is 5.76 Å². The van der Waals surface area contributed by atoms with E-state index >= 15 is 0 Å². The molecule has 0 aromatic carbocycles. The van der Waals surface area contributed by atoms with Crippen LogP contribution >= 0.6 is 0 Å². The smallest absolute Gasteiger partial charge is 0.304 e. The van der Waals surface area contributed by atoms with Crippen LogP contribution in [0.5, 0.6) is 0 Å². The van der Waals surface area contributed by atoms with Crippen molar-refractivity contribution in [1.29, 1.82) is 0 Å². The molecule has 1 aromatic rings. The van der Waals surface area contributed by atoms with E-state index in [4.69, 9.17) is 9.63 Å². The number of carbonyl (C=O) groups excluding carboxylic acids is 1. The highest BCUT2D eigenvalue weighted by atomic mass is 16.5. The number of hydrogen-bond acceptors (Lipinski definition) is 5. The molecule has 1 fully saturated rings. The Morgan fingerprint density at radius 2 is 2.19 bits per heavy atom. The van der Waals surface area contributed by atoms with Gasteiger partial charge in [0.05, 0.1) is 6.42 Å². The highest BCUT2D eigenvalue weighted by Gasteiger charge is 2.20. The number of nitrogens with one attached hydrogen (secondary N) is 1. The second-order valence-electron chi connectivity index (χ2n) is 5.46. The van der Waals surface area contributed by atoms with Gasteiger partial charge in [-0.05, 0) is 38.8 Å². The van der Waals surface area contributed by atoms with Crippen LogP contribution in [0.1, 0.15) is 35.5 Å². The van der Waals surface area contributed by atoms with Crippen LogP contribution in [0.25, 0.3) is 0 Å². The zero-order valence-corrected chi connectivity index (χ0v) is 12.2. The first-order valence-corrected chi connectivity index (χ1v) is 7.20. The molecule has 0 spiro atoms. The quantitative estimate of drug-likeness (QED) is 0.809. The Hall–Kier alpha value is -1.89. The fraction of sp³-hybridized carbons (Fsp3) is 0.643. The Morgan fingerprint density at radius 1 is 1.48 bits per heavy atom. The van der Waals surface area contributed by atoms with Crippen LogP contribution in [-0.2, 0) is 4.79 Å². The molecule has 0 aliphatic carbocycles. The number of carboxylic acid groups (broad SMARTS) is 1.